The summed E-state index contributed by atoms with van der Waals surface area (Å²) in [6.07, 6.45) is 1.80. The van der Waals surface area contributed by atoms with Gasteiger partial charge in [0.05, 0.1) is 12.8 Å². The molecule has 0 unspecified atom stereocenters. The molecule has 5 nitrogen and oxygen atoms in total. The molecule has 0 radical (unpaired) electrons. The van der Waals surface area contributed by atoms with Crippen LogP contribution < -0.4 is 19.7 Å². The predicted octanol–water partition coefficient (Wildman–Crippen LogP) is 6.14. The van der Waals surface area contributed by atoms with E-state index in [2.05, 4.69) is 38.2 Å². The van der Waals surface area contributed by atoms with Crippen LogP contribution in [0.2, 0.25) is 0 Å². The van der Waals surface area contributed by atoms with Gasteiger partial charge in [-0.3, -0.25) is 9.69 Å². The van der Waals surface area contributed by atoms with Crippen molar-refractivity contribution in [3.8, 4) is 11.5 Å². The number of carbonyl (C=O) groups is 1. The summed E-state index contributed by atoms with van der Waals surface area (Å²) < 4.78 is 11.6. The Labute approximate surface area is 212 Å². The summed E-state index contributed by atoms with van der Waals surface area (Å²) in [5, 5.41) is 3.42. The van der Waals surface area contributed by atoms with Crippen LogP contribution in [0.5, 0.6) is 11.5 Å². The van der Waals surface area contributed by atoms with Crippen LogP contribution in [-0.2, 0) is 16.8 Å². The topological polar surface area (TPSA) is 50.8 Å². The van der Waals surface area contributed by atoms with Crippen LogP contribution in [-0.4, -0.2) is 18.1 Å². The molecule has 0 bridgehead atoms. The molecule has 0 saturated carbocycles. The van der Waals surface area contributed by atoms with Crippen LogP contribution in [0.4, 0.5) is 5.69 Å². The SMILES string of the molecule is COc1ccc(/C=C2/NC(=S)N(c3ccccc3C)C2=O)cc1COc1ccc(C(C)(C)C)cc1. The lowest BCUT2D eigenvalue weighted by Gasteiger charge is -2.19. The van der Waals surface area contributed by atoms with Crippen molar-refractivity contribution in [2.45, 2.75) is 39.7 Å². The van der Waals surface area contributed by atoms with Crippen molar-refractivity contribution in [3.63, 3.8) is 0 Å². The molecule has 4 rings (SSSR count). The zero-order valence-corrected chi connectivity index (χ0v) is 21.5. The molecule has 180 valence electrons. The summed E-state index contributed by atoms with van der Waals surface area (Å²) in [4.78, 5) is 14.7. The molecule has 1 aliphatic heterocycles. The van der Waals surface area contributed by atoms with E-state index >= 15 is 0 Å². The molecule has 1 aliphatic rings. The van der Waals surface area contributed by atoms with Crippen LogP contribution in [0.1, 0.15) is 43.0 Å². The molecule has 1 saturated heterocycles. The van der Waals surface area contributed by atoms with Crippen molar-refractivity contribution < 1.29 is 14.3 Å². The van der Waals surface area contributed by atoms with E-state index in [0.29, 0.717) is 17.4 Å². The molecule has 0 spiro atoms. The minimum atomic E-state index is -0.183. The van der Waals surface area contributed by atoms with Crippen LogP contribution in [0.25, 0.3) is 6.08 Å². The molecular weight excluding hydrogens is 456 g/mol. The smallest absolute Gasteiger partial charge is 0.281 e. The lowest BCUT2D eigenvalue weighted by Crippen LogP contribution is -2.30. The van der Waals surface area contributed by atoms with Gasteiger partial charge in [-0.1, -0.05) is 57.2 Å². The first kappa shape index (κ1) is 24.5. The van der Waals surface area contributed by atoms with E-state index in [9.17, 15) is 4.79 Å². The molecule has 1 N–H and O–H groups in total. The van der Waals surface area contributed by atoms with Gasteiger partial charge in [-0.25, -0.2) is 0 Å². The molecule has 3 aromatic rings. The number of methoxy groups -OCH3 is 1. The molecular formula is C29H30N2O3S. The molecule has 1 fully saturated rings. The number of anilines is 1. The Hall–Kier alpha value is -3.64. The average Bonchev–Trinajstić information content (AvgIpc) is 3.10. The largest absolute Gasteiger partial charge is 0.496 e. The Bertz CT molecular complexity index is 1290. The molecule has 0 aliphatic carbocycles. The number of benzene rings is 3. The summed E-state index contributed by atoms with van der Waals surface area (Å²) in [6, 6.07) is 21.6. The molecule has 0 atom stereocenters. The van der Waals surface area contributed by atoms with Crippen LogP contribution in [0.3, 0.4) is 0 Å². The van der Waals surface area contributed by atoms with Gasteiger partial charge in [0.25, 0.3) is 5.91 Å². The van der Waals surface area contributed by atoms with Crippen LogP contribution >= 0.6 is 12.2 Å². The van der Waals surface area contributed by atoms with Gasteiger partial charge in [0.2, 0.25) is 0 Å². The Balaban J connectivity index is 1.54. The highest BCUT2D eigenvalue weighted by atomic mass is 32.1. The summed E-state index contributed by atoms with van der Waals surface area (Å²) in [5.41, 5.74) is 5.25. The second-order valence-corrected chi connectivity index (χ2v) is 9.94. The van der Waals surface area contributed by atoms with Crippen molar-refractivity contribution in [2.24, 2.45) is 0 Å². The molecule has 35 heavy (non-hydrogen) atoms. The lowest BCUT2D eigenvalue weighted by molar-refractivity contribution is -0.113. The van der Waals surface area contributed by atoms with E-state index in [0.717, 1.165) is 33.9 Å². The number of para-hydroxylation sites is 1. The van der Waals surface area contributed by atoms with Gasteiger partial charge < -0.3 is 14.8 Å². The number of aryl methyl sites for hydroxylation is 1. The summed E-state index contributed by atoms with van der Waals surface area (Å²) in [7, 11) is 1.63. The number of nitrogens with zero attached hydrogens (tertiary/aromatic N) is 1. The van der Waals surface area contributed by atoms with Crippen LogP contribution in [0, 0.1) is 6.92 Å². The highest BCUT2D eigenvalue weighted by Gasteiger charge is 2.32. The quantitative estimate of drug-likeness (QED) is 0.335. The molecule has 1 heterocycles. The maximum absolute atomic E-state index is 13.1. The fraction of sp³-hybridized carbons (Fsp3) is 0.241. The fourth-order valence-electron chi connectivity index (χ4n) is 3.95. The fourth-order valence-corrected chi connectivity index (χ4v) is 4.24. The van der Waals surface area contributed by atoms with Crippen molar-refractivity contribution in [3.05, 3.63) is 94.7 Å². The van der Waals surface area contributed by atoms with Gasteiger partial charge in [0.15, 0.2) is 5.11 Å². The van der Waals surface area contributed by atoms with Gasteiger partial charge in [0.1, 0.15) is 23.8 Å². The monoisotopic (exact) mass is 486 g/mol. The zero-order valence-electron chi connectivity index (χ0n) is 20.7. The van der Waals surface area contributed by atoms with Gasteiger partial charge in [-0.2, -0.15) is 0 Å². The Morgan fingerprint density at radius 1 is 1.03 bits per heavy atom. The van der Waals surface area contributed by atoms with Crippen molar-refractivity contribution >= 4 is 35.0 Å². The number of hydrogen-bond donors (Lipinski definition) is 1. The number of carbonyl (C=O) groups excluding carboxylic acids is 1. The zero-order chi connectivity index (χ0) is 25.2. The standard InChI is InChI=1S/C29H30N2O3S/c1-19-8-6-7-9-25(19)31-27(32)24(30-28(31)35)17-20-10-15-26(33-5)21(16-20)18-34-23-13-11-22(12-14-23)29(2,3)4/h6-17H,18H2,1-5H3,(H,30,35)/b24-17+. The first-order valence-corrected chi connectivity index (χ1v) is 11.9. The highest BCUT2D eigenvalue weighted by molar-refractivity contribution is 7.80. The number of nitrogens with one attached hydrogen (secondary N) is 1. The van der Waals surface area contributed by atoms with E-state index in [4.69, 9.17) is 21.7 Å². The number of thiocarbonyl (C=S) groups is 1. The minimum Gasteiger partial charge on any atom is -0.496 e. The Morgan fingerprint density at radius 3 is 2.40 bits per heavy atom. The van der Waals surface area contributed by atoms with Gasteiger partial charge in [-0.05, 0) is 77.7 Å². The number of rotatable bonds is 6. The maximum Gasteiger partial charge on any atom is 0.281 e. The second-order valence-electron chi connectivity index (χ2n) is 9.55. The highest BCUT2D eigenvalue weighted by Crippen LogP contribution is 2.28. The average molecular weight is 487 g/mol. The van der Waals surface area contributed by atoms with Gasteiger partial charge in [0, 0.05) is 5.56 Å². The van der Waals surface area contributed by atoms with E-state index in [-0.39, 0.29) is 11.3 Å². The Kier molecular flexibility index (Phi) is 6.94. The third-order valence-electron chi connectivity index (χ3n) is 5.96. The van der Waals surface area contributed by atoms with Crippen molar-refractivity contribution in [1.29, 1.82) is 0 Å². The lowest BCUT2D eigenvalue weighted by atomic mass is 9.87. The molecule has 1 amide bonds. The van der Waals surface area contributed by atoms with E-state index < -0.39 is 0 Å². The molecule has 3 aromatic carbocycles. The number of ether oxygens (including phenoxy) is 2. The van der Waals surface area contributed by atoms with E-state index in [1.807, 2.05) is 61.5 Å². The van der Waals surface area contributed by atoms with Crippen molar-refractivity contribution in [1.82, 2.24) is 5.32 Å². The van der Waals surface area contributed by atoms with E-state index in [1.54, 1.807) is 13.2 Å². The molecule has 0 aromatic heterocycles. The first-order chi connectivity index (χ1) is 16.7. The van der Waals surface area contributed by atoms with E-state index in [1.165, 1.54) is 10.5 Å². The predicted molar refractivity (Wildman–Crippen MR) is 145 cm³/mol. The third kappa shape index (κ3) is 5.38. The molecule has 6 heteroatoms. The van der Waals surface area contributed by atoms with Gasteiger partial charge in [-0.15, -0.1) is 0 Å². The van der Waals surface area contributed by atoms with Crippen LogP contribution in [0.15, 0.2) is 72.4 Å². The third-order valence-corrected chi connectivity index (χ3v) is 6.25. The second kappa shape index (κ2) is 9.92. The minimum absolute atomic E-state index is 0.0897. The Morgan fingerprint density at radius 2 is 1.74 bits per heavy atom. The number of hydrogen-bond acceptors (Lipinski definition) is 4. The normalized spacial score (nSPS) is 14.9. The maximum atomic E-state index is 13.1. The summed E-state index contributed by atoms with van der Waals surface area (Å²) in [5.74, 6) is 1.33. The summed E-state index contributed by atoms with van der Waals surface area (Å²) in [6.45, 7) is 8.85. The number of amides is 1. The van der Waals surface area contributed by atoms with Gasteiger partial charge >= 0.3 is 0 Å². The first-order valence-electron chi connectivity index (χ1n) is 11.5. The van der Waals surface area contributed by atoms with Crippen molar-refractivity contribution in [2.75, 3.05) is 12.0 Å². The summed E-state index contributed by atoms with van der Waals surface area (Å²) >= 11 is 5.46.